The molecule has 0 radical (unpaired) electrons. The lowest BCUT2D eigenvalue weighted by molar-refractivity contribution is 0.0694. The number of likely N-dealkylation sites (tertiary alicyclic amines) is 1. The standard InChI is InChI=1S/C11H18N4O2/c1-12-8-3-4-15(6-8)7-10-9(11(16)17)5-13-14(10)2/h5,8,12H,3-4,6-7H2,1-2H3,(H,16,17). The minimum atomic E-state index is -0.905. The number of nitrogens with one attached hydrogen (secondary N) is 1. The van der Waals surface area contributed by atoms with Gasteiger partial charge < -0.3 is 10.4 Å². The fraction of sp³-hybridized carbons (Fsp3) is 0.636. The van der Waals surface area contributed by atoms with E-state index in [1.54, 1.807) is 11.7 Å². The number of hydrogen-bond donors (Lipinski definition) is 2. The number of hydrogen-bond acceptors (Lipinski definition) is 4. The molecule has 1 aromatic heterocycles. The average molecular weight is 238 g/mol. The number of carboxylic acid groups (broad SMARTS) is 1. The second-order valence-electron chi connectivity index (χ2n) is 4.44. The van der Waals surface area contributed by atoms with Crippen LogP contribution in [0.1, 0.15) is 22.5 Å². The van der Waals surface area contributed by atoms with Crippen molar-refractivity contribution < 1.29 is 9.90 Å². The summed E-state index contributed by atoms with van der Waals surface area (Å²) in [5, 5.41) is 16.3. The van der Waals surface area contributed by atoms with E-state index >= 15 is 0 Å². The normalized spacial score (nSPS) is 20.9. The molecule has 1 fully saturated rings. The predicted molar refractivity (Wildman–Crippen MR) is 62.9 cm³/mol. The molecular weight excluding hydrogens is 220 g/mol. The number of carbonyl (C=O) groups is 1. The Morgan fingerprint density at radius 2 is 2.47 bits per heavy atom. The Hall–Kier alpha value is -1.40. The summed E-state index contributed by atoms with van der Waals surface area (Å²) in [5.41, 5.74) is 1.08. The highest BCUT2D eigenvalue weighted by Crippen LogP contribution is 2.15. The lowest BCUT2D eigenvalue weighted by atomic mass is 10.2. The summed E-state index contributed by atoms with van der Waals surface area (Å²) in [5.74, 6) is -0.905. The number of rotatable bonds is 4. The molecule has 0 aromatic carbocycles. The SMILES string of the molecule is CNC1CCN(Cc2c(C(=O)O)cnn2C)C1. The number of likely N-dealkylation sites (N-methyl/N-ethyl adjacent to an activating group) is 1. The van der Waals surface area contributed by atoms with E-state index in [-0.39, 0.29) is 0 Å². The van der Waals surface area contributed by atoms with Crippen molar-refractivity contribution in [2.75, 3.05) is 20.1 Å². The lowest BCUT2D eigenvalue weighted by Crippen LogP contribution is -2.30. The van der Waals surface area contributed by atoms with Crippen LogP contribution in [-0.2, 0) is 13.6 Å². The minimum Gasteiger partial charge on any atom is -0.478 e. The monoisotopic (exact) mass is 238 g/mol. The molecule has 0 spiro atoms. The van der Waals surface area contributed by atoms with Crippen LogP contribution in [0, 0.1) is 0 Å². The Labute approximate surface area is 100 Å². The number of aryl methyl sites for hydroxylation is 1. The Bertz CT molecular complexity index is 416. The molecule has 1 unspecified atom stereocenters. The summed E-state index contributed by atoms with van der Waals surface area (Å²) in [6.45, 7) is 2.60. The van der Waals surface area contributed by atoms with Crippen LogP contribution in [0.25, 0.3) is 0 Å². The van der Waals surface area contributed by atoms with Crippen LogP contribution >= 0.6 is 0 Å². The predicted octanol–water partition coefficient (Wildman–Crippen LogP) is -0.0880. The molecule has 1 aliphatic rings. The molecule has 2 rings (SSSR count). The van der Waals surface area contributed by atoms with E-state index in [9.17, 15) is 4.79 Å². The molecule has 94 valence electrons. The summed E-state index contributed by atoms with van der Waals surface area (Å²) < 4.78 is 1.65. The molecular formula is C11H18N4O2. The van der Waals surface area contributed by atoms with E-state index < -0.39 is 5.97 Å². The molecule has 0 amide bonds. The van der Waals surface area contributed by atoms with Crippen molar-refractivity contribution in [1.29, 1.82) is 0 Å². The lowest BCUT2D eigenvalue weighted by Gasteiger charge is -2.16. The van der Waals surface area contributed by atoms with E-state index in [0.29, 0.717) is 18.2 Å². The molecule has 1 saturated heterocycles. The Kier molecular flexibility index (Phi) is 3.44. The maximum Gasteiger partial charge on any atom is 0.339 e. The zero-order valence-electron chi connectivity index (χ0n) is 10.2. The second-order valence-corrected chi connectivity index (χ2v) is 4.44. The molecule has 0 aliphatic carbocycles. The first kappa shape index (κ1) is 12.1. The van der Waals surface area contributed by atoms with Gasteiger partial charge in [0.2, 0.25) is 0 Å². The average Bonchev–Trinajstić information content (AvgIpc) is 2.87. The molecule has 1 aliphatic heterocycles. The van der Waals surface area contributed by atoms with E-state index in [1.807, 2.05) is 7.05 Å². The van der Waals surface area contributed by atoms with Gasteiger partial charge in [-0.1, -0.05) is 0 Å². The summed E-state index contributed by atoms with van der Waals surface area (Å²) >= 11 is 0. The van der Waals surface area contributed by atoms with Crippen molar-refractivity contribution >= 4 is 5.97 Å². The number of carboxylic acids is 1. The van der Waals surface area contributed by atoms with Crippen LogP contribution in [0.15, 0.2) is 6.20 Å². The Balaban J connectivity index is 2.08. The third kappa shape index (κ3) is 2.48. The third-order valence-electron chi connectivity index (χ3n) is 3.35. The van der Waals surface area contributed by atoms with Gasteiger partial charge in [0.1, 0.15) is 5.56 Å². The smallest absolute Gasteiger partial charge is 0.339 e. The quantitative estimate of drug-likeness (QED) is 0.767. The third-order valence-corrected chi connectivity index (χ3v) is 3.35. The summed E-state index contributed by atoms with van der Waals surface area (Å²) in [7, 11) is 3.74. The number of aromatic nitrogens is 2. The van der Waals surface area contributed by atoms with E-state index in [0.717, 1.165) is 25.2 Å². The van der Waals surface area contributed by atoms with E-state index in [4.69, 9.17) is 5.11 Å². The van der Waals surface area contributed by atoms with Gasteiger partial charge in [-0.05, 0) is 13.5 Å². The van der Waals surface area contributed by atoms with Gasteiger partial charge in [0, 0.05) is 32.7 Å². The first-order valence-corrected chi connectivity index (χ1v) is 5.75. The maximum absolute atomic E-state index is 11.0. The first-order valence-electron chi connectivity index (χ1n) is 5.75. The molecule has 6 nitrogen and oxygen atoms in total. The first-order chi connectivity index (χ1) is 8.11. The van der Waals surface area contributed by atoms with Crippen LogP contribution in [0.5, 0.6) is 0 Å². The van der Waals surface area contributed by atoms with Crippen molar-refractivity contribution in [2.24, 2.45) is 7.05 Å². The summed E-state index contributed by atoms with van der Waals surface area (Å²) in [6, 6.07) is 0.511. The molecule has 17 heavy (non-hydrogen) atoms. The molecule has 2 heterocycles. The van der Waals surface area contributed by atoms with Crippen LogP contribution < -0.4 is 5.32 Å². The van der Waals surface area contributed by atoms with Gasteiger partial charge in [0.05, 0.1) is 11.9 Å². The van der Waals surface area contributed by atoms with Gasteiger partial charge in [-0.15, -0.1) is 0 Å². The summed E-state index contributed by atoms with van der Waals surface area (Å²) in [4.78, 5) is 13.3. The fourth-order valence-electron chi connectivity index (χ4n) is 2.25. The Morgan fingerprint density at radius 3 is 3.06 bits per heavy atom. The highest BCUT2D eigenvalue weighted by molar-refractivity contribution is 5.88. The minimum absolute atomic E-state index is 0.306. The van der Waals surface area contributed by atoms with Gasteiger partial charge in [0.15, 0.2) is 0 Å². The van der Waals surface area contributed by atoms with Gasteiger partial charge >= 0.3 is 5.97 Å². The van der Waals surface area contributed by atoms with E-state index in [2.05, 4.69) is 15.3 Å². The summed E-state index contributed by atoms with van der Waals surface area (Å²) in [6.07, 6.45) is 2.53. The zero-order chi connectivity index (χ0) is 12.4. The highest BCUT2D eigenvalue weighted by atomic mass is 16.4. The molecule has 0 bridgehead atoms. The molecule has 1 aromatic rings. The maximum atomic E-state index is 11.0. The van der Waals surface area contributed by atoms with Crippen molar-refractivity contribution in [3.63, 3.8) is 0 Å². The number of nitrogens with zero attached hydrogens (tertiary/aromatic N) is 3. The molecule has 1 atom stereocenters. The zero-order valence-corrected chi connectivity index (χ0v) is 10.2. The van der Waals surface area contributed by atoms with E-state index in [1.165, 1.54) is 6.20 Å². The highest BCUT2D eigenvalue weighted by Gasteiger charge is 2.24. The van der Waals surface area contributed by atoms with Gasteiger partial charge in [-0.2, -0.15) is 5.10 Å². The van der Waals surface area contributed by atoms with Gasteiger partial charge in [-0.3, -0.25) is 9.58 Å². The molecule has 2 N–H and O–H groups in total. The fourth-order valence-corrected chi connectivity index (χ4v) is 2.25. The van der Waals surface area contributed by atoms with Crippen molar-refractivity contribution in [1.82, 2.24) is 20.0 Å². The van der Waals surface area contributed by atoms with Crippen molar-refractivity contribution in [2.45, 2.75) is 19.0 Å². The van der Waals surface area contributed by atoms with Crippen molar-refractivity contribution in [3.05, 3.63) is 17.5 Å². The van der Waals surface area contributed by atoms with Crippen LogP contribution in [0.4, 0.5) is 0 Å². The number of aromatic carboxylic acids is 1. The topological polar surface area (TPSA) is 70.4 Å². The second kappa shape index (κ2) is 4.85. The van der Waals surface area contributed by atoms with Gasteiger partial charge in [-0.25, -0.2) is 4.79 Å². The Morgan fingerprint density at radius 1 is 1.71 bits per heavy atom. The molecule has 6 heteroatoms. The van der Waals surface area contributed by atoms with Crippen LogP contribution in [0.3, 0.4) is 0 Å². The van der Waals surface area contributed by atoms with Gasteiger partial charge in [0.25, 0.3) is 0 Å². The van der Waals surface area contributed by atoms with Crippen molar-refractivity contribution in [3.8, 4) is 0 Å². The van der Waals surface area contributed by atoms with Crippen LogP contribution in [-0.4, -0.2) is 51.9 Å². The van der Waals surface area contributed by atoms with Crippen LogP contribution in [0.2, 0.25) is 0 Å². The largest absolute Gasteiger partial charge is 0.478 e. The molecule has 0 saturated carbocycles.